The molecule has 0 aliphatic heterocycles. The first-order valence-corrected chi connectivity index (χ1v) is 8.72. The lowest BCUT2D eigenvalue weighted by molar-refractivity contribution is 0.314. The summed E-state index contributed by atoms with van der Waals surface area (Å²) in [7, 11) is 0.392. The Bertz CT molecular complexity index is 556. The molecule has 0 fully saturated rings. The van der Waals surface area contributed by atoms with Crippen LogP contribution in [-0.4, -0.2) is 46.5 Å². The molecule has 5 nitrogen and oxygen atoms in total. The van der Waals surface area contributed by atoms with Crippen molar-refractivity contribution in [1.29, 1.82) is 0 Å². The third kappa shape index (κ3) is 5.39. The molecular weight excluding hydrogens is 286 g/mol. The minimum Gasteiger partial charge on any atom is -0.313 e. The van der Waals surface area contributed by atoms with Crippen molar-refractivity contribution in [2.75, 3.05) is 27.2 Å². The van der Waals surface area contributed by atoms with Crippen molar-refractivity contribution in [3.05, 3.63) is 29.3 Å². The van der Waals surface area contributed by atoms with E-state index >= 15 is 0 Å². The van der Waals surface area contributed by atoms with Gasteiger partial charge in [-0.2, -0.15) is 0 Å². The van der Waals surface area contributed by atoms with Crippen molar-refractivity contribution >= 4 is 10.0 Å². The lowest BCUT2D eigenvalue weighted by Gasteiger charge is -2.20. The topological polar surface area (TPSA) is 61.4 Å². The second-order valence-corrected chi connectivity index (χ2v) is 7.28. The van der Waals surface area contributed by atoms with Crippen molar-refractivity contribution < 1.29 is 8.42 Å². The van der Waals surface area contributed by atoms with Crippen LogP contribution in [0.15, 0.2) is 23.1 Å². The molecule has 2 N–H and O–H groups in total. The van der Waals surface area contributed by atoms with Gasteiger partial charge in [-0.1, -0.05) is 19.1 Å². The number of hydrogen-bond acceptors (Lipinski definition) is 4. The number of rotatable bonds is 8. The van der Waals surface area contributed by atoms with Crippen molar-refractivity contribution in [1.82, 2.24) is 14.9 Å². The average molecular weight is 313 g/mol. The van der Waals surface area contributed by atoms with Crippen LogP contribution >= 0.6 is 0 Å². The molecule has 6 heteroatoms. The van der Waals surface area contributed by atoms with Crippen LogP contribution in [0.2, 0.25) is 0 Å². The maximum atomic E-state index is 12.5. The largest absolute Gasteiger partial charge is 0.313 e. The molecule has 0 saturated heterocycles. The Morgan fingerprint density at radius 3 is 2.52 bits per heavy atom. The lowest BCUT2D eigenvalue weighted by Crippen LogP contribution is -2.38. The molecule has 0 aliphatic carbocycles. The number of aryl methyl sites for hydroxylation is 1. The maximum Gasteiger partial charge on any atom is 0.240 e. The second kappa shape index (κ2) is 7.89. The SMILES string of the molecule is CCNCc1ccc(C)c(S(=O)(=O)NCC(C)N(C)C)c1. The molecule has 21 heavy (non-hydrogen) atoms. The number of nitrogens with zero attached hydrogens (tertiary/aromatic N) is 1. The minimum atomic E-state index is -3.47. The summed E-state index contributed by atoms with van der Waals surface area (Å²) in [5, 5.41) is 3.21. The van der Waals surface area contributed by atoms with Gasteiger partial charge in [-0.25, -0.2) is 13.1 Å². The van der Waals surface area contributed by atoms with Crippen LogP contribution in [0.5, 0.6) is 0 Å². The zero-order valence-corrected chi connectivity index (χ0v) is 14.4. The van der Waals surface area contributed by atoms with Gasteiger partial charge >= 0.3 is 0 Å². The fourth-order valence-corrected chi connectivity index (χ4v) is 3.22. The second-order valence-electron chi connectivity index (χ2n) is 5.54. The third-order valence-corrected chi connectivity index (χ3v) is 5.14. The van der Waals surface area contributed by atoms with Crippen LogP contribution in [0.4, 0.5) is 0 Å². The van der Waals surface area contributed by atoms with Gasteiger partial charge in [0.15, 0.2) is 0 Å². The van der Waals surface area contributed by atoms with Crippen molar-refractivity contribution in [3.8, 4) is 0 Å². The highest BCUT2D eigenvalue weighted by molar-refractivity contribution is 7.89. The molecule has 120 valence electrons. The molecular formula is C15H27N3O2S. The quantitative estimate of drug-likeness (QED) is 0.760. The Labute approximate surface area is 128 Å². The molecule has 0 amide bonds. The van der Waals surface area contributed by atoms with E-state index in [2.05, 4.69) is 10.0 Å². The molecule has 1 atom stereocenters. The van der Waals surface area contributed by atoms with E-state index in [1.165, 1.54) is 0 Å². The third-order valence-electron chi connectivity index (χ3n) is 3.57. The molecule has 1 aromatic carbocycles. The zero-order valence-electron chi connectivity index (χ0n) is 13.6. The van der Waals surface area contributed by atoms with Crippen LogP contribution in [0.1, 0.15) is 25.0 Å². The van der Waals surface area contributed by atoms with Crippen LogP contribution in [0, 0.1) is 6.92 Å². The van der Waals surface area contributed by atoms with Gasteiger partial charge in [-0.15, -0.1) is 0 Å². The van der Waals surface area contributed by atoms with E-state index < -0.39 is 10.0 Å². The Hall–Kier alpha value is -0.950. The van der Waals surface area contributed by atoms with Gasteiger partial charge in [0.1, 0.15) is 0 Å². The Morgan fingerprint density at radius 1 is 1.29 bits per heavy atom. The summed E-state index contributed by atoms with van der Waals surface area (Å²) < 4.78 is 27.6. The molecule has 0 aliphatic rings. The first-order valence-electron chi connectivity index (χ1n) is 7.24. The van der Waals surface area contributed by atoms with E-state index in [0.29, 0.717) is 18.0 Å². The first kappa shape index (κ1) is 18.1. The summed E-state index contributed by atoms with van der Waals surface area (Å²) in [6.45, 7) is 7.75. The predicted octanol–water partition coefficient (Wildman–Crippen LogP) is 1.33. The molecule has 0 saturated carbocycles. The summed E-state index contributed by atoms with van der Waals surface area (Å²) in [5.74, 6) is 0. The lowest BCUT2D eigenvalue weighted by atomic mass is 10.1. The Morgan fingerprint density at radius 2 is 1.95 bits per heavy atom. The zero-order chi connectivity index (χ0) is 16.0. The van der Waals surface area contributed by atoms with E-state index in [0.717, 1.165) is 17.7 Å². The minimum absolute atomic E-state index is 0.144. The number of sulfonamides is 1. The fraction of sp³-hybridized carbons (Fsp3) is 0.600. The number of likely N-dealkylation sites (N-methyl/N-ethyl adjacent to an activating group) is 1. The highest BCUT2D eigenvalue weighted by atomic mass is 32.2. The van der Waals surface area contributed by atoms with E-state index in [9.17, 15) is 8.42 Å². The molecule has 1 unspecified atom stereocenters. The van der Waals surface area contributed by atoms with Crippen molar-refractivity contribution in [2.24, 2.45) is 0 Å². The smallest absolute Gasteiger partial charge is 0.240 e. The van der Waals surface area contributed by atoms with Gasteiger partial charge in [-0.05, 0) is 51.7 Å². The molecule has 0 radical (unpaired) electrons. The molecule has 0 heterocycles. The highest BCUT2D eigenvalue weighted by Gasteiger charge is 2.18. The van der Waals surface area contributed by atoms with Gasteiger partial charge < -0.3 is 10.2 Å². The van der Waals surface area contributed by atoms with Crippen LogP contribution in [-0.2, 0) is 16.6 Å². The van der Waals surface area contributed by atoms with Crippen molar-refractivity contribution in [3.63, 3.8) is 0 Å². The monoisotopic (exact) mass is 313 g/mol. The predicted molar refractivity (Wildman–Crippen MR) is 86.9 cm³/mol. The average Bonchev–Trinajstić information content (AvgIpc) is 2.43. The summed E-state index contributed by atoms with van der Waals surface area (Å²) in [6, 6.07) is 5.71. The Balaban J connectivity index is 2.91. The molecule has 0 aromatic heterocycles. The van der Waals surface area contributed by atoms with E-state index in [4.69, 9.17) is 0 Å². The van der Waals surface area contributed by atoms with Gasteiger partial charge in [0, 0.05) is 19.1 Å². The molecule has 0 spiro atoms. The summed E-state index contributed by atoms with van der Waals surface area (Å²) >= 11 is 0. The number of hydrogen-bond donors (Lipinski definition) is 2. The normalized spacial score (nSPS) is 13.6. The highest BCUT2D eigenvalue weighted by Crippen LogP contribution is 2.17. The Kier molecular flexibility index (Phi) is 6.80. The van der Waals surface area contributed by atoms with Gasteiger partial charge in [-0.3, -0.25) is 0 Å². The van der Waals surface area contributed by atoms with Crippen LogP contribution in [0.25, 0.3) is 0 Å². The molecule has 1 aromatic rings. The van der Waals surface area contributed by atoms with Crippen molar-refractivity contribution in [2.45, 2.75) is 38.3 Å². The van der Waals surface area contributed by atoms with E-state index in [1.54, 1.807) is 6.07 Å². The number of benzene rings is 1. The van der Waals surface area contributed by atoms with Gasteiger partial charge in [0.2, 0.25) is 10.0 Å². The molecule has 0 bridgehead atoms. The fourth-order valence-electron chi connectivity index (χ4n) is 1.80. The van der Waals surface area contributed by atoms with Gasteiger partial charge in [0.25, 0.3) is 0 Å². The summed E-state index contributed by atoms with van der Waals surface area (Å²) in [4.78, 5) is 2.35. The molecule has 1 rings (SSSR count). The summed E-state index contributed by atoms with van der Waals surface area (Å²) in [5.41, 5.74) is 1.74. The standard InChI is InChI=1S/C15H27N3O2S/c1-6-16-11-14-8-7-12(2)15(9-14)21(19,20)17-10-13(3)18(4)5/h7-9,13,16-17H,6,10-11H2,1-5H3. The van der Waals surface area contributed by atoms with Crippen LogP contribution in [0.3, 0.4) is 0 Å². The van der Waals surface area contributed by atoms with Crippen LogP contribution < -0.4 is 10.0 Å². The maximum absolute atomic E-state index is 12.5. The summed E-state index contributed by atoms with van der Waals surface area (Å²) in [6.07, 6.45) is 0. The number of nitrogens with one attached hydrogen (secondary N) is 2. The first-order chi connectivity index (χ1) is 9.77. The van der Waals surface area contributed by atoms with E-state index in [1.807, 2.05) is 51.9 Å². The van der Waals surface area contributed by atoms with E-state index in [-0.39, 0.29) is 6.04 Å². The van der Waals surface area contributed by atoms with Gasteiger partial charge in [0.05, 0.1) is 4.90 Å².